The maximum absolute atomic E-state index is 12.8. The molecule has 0 aliphatic carbocycles. The first kappa shape index (κ1) is 16.4. The van der Waals surface area contributed by atoms with Crippen molar-refractivity contribution in [2.75, 3.05) is 0 Å². The van der Waals surface area contributed by atoms with Crippen LogP contribution in [0, 0.1) is 0 Å². The molecule has 1 aromatic heterocycles. The van der Waals surface area contributed by atoms with Crippen LogP contribution in [0.2, 0.25) is 5.02 Å². The number of H-pyrrole nitrogens is 2. The molecule has 0 saturated carbocycles. The number of imidazole rings is 1. The molecular weight excluding hydrogens is 345 g/mol. The van der Waals surface area contributed by atoms with E-state index in [1.54, 1.807) is 24.3 Å². The van der Waals surface area contributed by atoms with Gasteiger partial charge in [-0.3, -0.25) is 0 Å². The molecule has 1 heterocycles. The Hall–Kier alpha value is -2.41. The van der Waals surface area contributed by atoms with Crippen molar-refractivity contribution < 1.29 is 17.9 Å². The third kappa shape index (κ3) is 3.12. The molecule has 4 nitrogen and oxygen atoms in total. The summed E-state index contributed by atoms with van der Waals surface area (Å²) in [6.45, 7) is 0.928. The fourth-order valence-electron chi connectivity index (χ4n) is 2.33. The van der Waals surface area contributed by atoms with Crippen LogP contribution in [-0.4, -0.2) is 22.2 Å². The van der Waals surface area contributed by atoms with Crippen molar-refractivity contribution in [1.29, 1.82) is 0 Å². The first-order valence-corrected chi connectivity index (χ1v) is 7.38. The second-order valence-corrected chi connectivity index (χ2v) is 5.66. The van der Waals surface area contributed by atoms with Gasteiger partial charge in [-0.2, -0.15) is 13.2 Å². The van der Waals surface area contributed by atoms with Crippen LogP contribution in [0.1, 0.15) is 6.92 Å². The number of aromatic nitrogens is 2. The number of rotatable bonds is 3. The molecule has 0 bridgehead atoms. The minimum atomic E-state index is -4.49. The minimum Gasteiger partial charge on any atom is -0.481 e. The number of nitrogens with one attached hydrogen (secondary N) is 2. The quantitative estimate of drug-likeness (QED) is 0.725. The molecule has 0 aliphatic rings. The molecule has 0 spiro atoms. The number of alkyl halides is 3. The summed E-state index contributed by atoms with van der Waals surface area (Å²) in [6, 6.07) is 9.42. The van der Waals surface area contributed by atoms with Crippen LogP contribution < -0.4 is 10.4 Å². The Morgan fingerprint density at radius 2 is 1.83 bits per heavy atom. The van der Waals surface area contributed by atoms with Crippen molar-refractivity contribution in [2.45, 2.75) is 19.2 Å². The van der Waals surface area contributed by atoms with Gasteiger partial charge in [-0.1, -0.05) is 23.7 Å². The number of ether oxygens (including phenoxy) is 1. The highest BCUT2D eigenvalue weighted by Gasteiger charge is 2.38. The molecule has 0 radical (unpaired) electrons. The van der Waals surface area contributed by atoms with Crippen molar-refractivity contribution in [3.05, 3.63) is 51.9 Å². The van der Waals surface area contributed by atoms with Crippen molar-refractivity contribution in [1.82, 2.24) is 9.97 Å². The average molecular weight is 357 g/mol. The standard InChI is InChI=1S/C16H12ClF3N2O2/c1-8(16(18,19)20)24-13-4-2-3-10(17)14(13)9-5-6-11-12(7-9)22-15(23)21-11/h2-8H,1H3,(H2,21,22,23)/t8-/m1/s1. The molecule has 0 amide bonds. The molecular formula is C16H12ClF3N2O2. The zero-order chi connectivity index (χ0) is 17.5. The Kier molecular flexibility index (Phi) is 4.04. The third-order valence-corrected chi connectivity index (χ3v) is 3.86. The van der Waals surface area contributed by atoms with E-state index in [4.69, 9.17) is 16.3 Å². The average Bonchev–Trinajstić information content (AvgIpc) is 2.85. The summed E-state index contributed by atoms with van der Waals surface area (Å²) in [7, 11) is 0. The lowest BCUT2D eigenvalue weighted by Crippen LogP contribution is -2.31. The molecule has 8 heteroatoms. The van der Waals surface area contributed by atoms with E-state index in [0.717, 1.165) is 6.92 Å². The second kappa shape index (κ2) is 5.90. The zero-order valence-corrected chi connectivity index (χ0v) is 13.1. The Morgan fingerprint density at radius 3 is 2.54 bits per heavy atom. The number of hydrogen-bond acceptors (Lipinski definition) is 2. The molecule has 0 fully saturated rings. The monoisotopic (exact) mass is 356 g/mol. The second-order valence-electron chi connectivity index (χ2n) is 5.25. The van der Waals surface area contributed by atoms with E-state index in [-0.39, 0.29) is 16.5 Å². The van der Waals surface area contributed by atoms with Gasteiger partial charge >= 0.3 is 11.9 Å². The summed E-state index contributed by atoms with van der Waals surface area (Å²) in [4.78, 5) is 16.5. The molecule has 3 aromatic rings. The van der Waals surface area contributed by atoms with E-state index in [9.17, 15) is 18.0 Å². The van der Waals surface area contributed by atoms with Crippen LogP contribution in [0.4, 0.5) is 13.2 Å². The predicted molar refractivity (Wildman–Crippen MR) is 85.5 cm³/mol. The van der Waals surface area contributed by atoms with E-state index in [1.807, 2.05) is 0 Å². The SMILES string of the molecule is C[C@@H](Oc1cccc(Cl)c1-c1ccc2[nH]c(=O)[nH]c2c1)C(F)(F)F. The van der Waals surface area contributed by atoms with Gasteiger partial charge in [-0.05, 0) is 36.8 Å². The summed E-state index contributed by atoms with van der Waals surface area (Å²) >= 11 is 6.18. The van der Waals surface area contributed by atoms with Gasteiger partial charge in [0.2, 0.25) is 0 Å². The van der Waals surface area contributed by atoms with E-state index in [1.165, 1.54) is 12.1 Å². The highest BCUT2D eigenvalue weighted by Crippen LogP contribution is 2.39. The Morgan fingerprint density at radius 1 is 1.12 bits per heavy atom. The lowest BCUT2D eigenvalue weighted by atomic mass is 10.0. The van der Waals surface area contributed by atoms with Crippen LogP contribution in [0.3, 0.4) is 0 Å². The normalized spacial score (nSPS) is 13.2. The first-order valence-electron chi connectivity index (χ1n) is 7.00. The number of aromatic amines is 2. The first-order chi connectivity index (χ1) is 11.3. The molecule has 3 rings (SSSR count). The number of hydrogen-bond donors (Lipinski definition) is 2. The van der Waals surface area contributed by atoms with Crippen molar-refractivity contribution in [2.24, 2.45) is 0 Å². The van der Waals surface area contributed by atoms with Crippen molar-refractivity contribution >= 4 is 22.6 Å². The molecule has 0 aliphatic heterocycles. The topological polar surface area (TPSA) is 57.9 Å². The van der Waals surface area contributed by atoms with Gasteiger partial charge in [0.05, 0.1) is 16.1 Å². The zero-order valence-electron chi connectivity index (χ0n) is 12.4. The summed E-state index contributed by atoms with van der Waals surface area (Å²) in [5, 5.41) is 0.249. The van der Waals surface area contributed by atoms with Crippen LogP contribution in [0.15, 0.2) is 41.2 Å². The van der Waals surface area contributed by atoms with Gasteiger partial charge in [0.25, 0.3) is 0 Å². The fourth-order valence-corrected chi connectivity index (χ4v) is 2.60. The summed E-state index contributed by atoms with van der Waals surface area (Å²) in [5.41, 5.74) is 1.60. The van der Waals surface area contributed by atoms with Gasteiger partial charge in [-0.15, -0.1) is 0 Å². The van der Waals surface area contributed by atoms with Crippen molar-refractivity contribution in [3.8, 4) is 16.9 Å². The maximum Gasteiger partial charge on any atom is 0.425 e. The van der Waals surface area contributed by atoms with E-state index in [2.05, 4.69) is 9.97 Å². The van der Waals surface area contributed by atoms with Crippen LogP contribution in [-0.2, 0) is 0 Å². The molecule has 126 valence electrons. The predicted octanol–water partition coefficient (Wildman–Crippen LogP) is 4.51. The number of fused-ring (bicyclic) bond motifs is 1. The van der Waals surface area contributed by atoms with Crippen LogP contribution in [0.5, 0.6) is 5.75 Å². The maximum atomic E-state index is 12.8. The van der Waals surface area contributed by atoms with E-state index in [0.29, 0.717) is 22.2 Å². The van der Waals surface area contributed by atoms with Crippen LogP contribution in [0.25, 0.3) is 22.2 Å². The summed E-state index contributed by atoms with van der Waals surface area (Å²) < 4.78 is 43.4. The molecule has 24 heavy (non-hydrogen) atoms. The van der Waals surface area contributed by atoms with Gasteiger partial charge in [0, 0.05) is 5.56 Å². The van der Waals surface area contributed by atoms with Gasteiger partial charge in [0.15, 0.2) is 6.10 Å². The van der Waals surface area contributed by atoms with Crippen LogP contribution >= 0.6 is 11.6 Å². The largest absolute Gasteiger partial charge is 0.481 e. The smallest absolute Gasteiger partial charge is 0.425 e. The molecule has 0 saturated heterocycles. The highest BCUT2D eigenvalue weighted by atomic mass is 35.5. The number of benzene rings is 2. The van der Waals surface area contributed by atoms with Gasteiger partial charge < -0.3 is 14.7 Å². The molecule has 2 aromatic carbocycles. The molecule has 2 N–H and O–H groups in total. The van der Waals surface area contributed by atoms with E-state index >= 15 is 0 Å². The lowest BCUT2D eigenvalue weighted by Gasteiger charge is -2.20. The molecule has 0 unspecified atom stereocenters. The van der Waals surface area contributed by atoms with Gasteiger partial charge in [0.1, 0.15) is 5.75 Å². The Bertz CT molecular complexity index is 946. The lowest BCUT2D eigenvalue weighted by molar-refractivity contribution is -0.189. The Balaban J connectivity index is 2.10. The summed E-state index contributed by atoms with van der Waals surface area (Å²) in [6.07, 6.45) is -6.47. The van der Waals surface area contributed by atoms with Crippen molar-refractivity contribution in [3.63, 3.8) is 0 Å². The van der Waals surface area contributed by atoms with E-state index < -0.39 is 12.3 Å². The third-order valence-electron chi connectivity index (χ3n) is 3.54. The highest BCUT2D eigenvalue weighted by molar-refractivity contribution is 6.33. The minimum absolute atomic E-state index is 0.0181. The summed E-state index contributed by atoms with van der Waals surface area (Å²) in [5.74, 6) is 0.0181. The Labute approximate surface area is 139 Å². The fraction of sp³-hybridized carbons (Fsp3) is 0.188. The molecule has 1 atom stereocenters. The number of halogens is 4. The van der Waals surface area contributed by atoms with Gasteiger partial charge in [-0.25, -0.2) is 4.79 Å².